The van der Waals surface area contributed by atoms with Crippen LogP contribution < -0.4 is 0 Å². The van der Waals surface area contributed by atoms with Crippen LogP contribution in [0.3, 0.4) is 0 Å². The monoisotopic (exact) mass is 462 g/mol. The second kappa shape index (κ2) is 10.9. The van der Waals surface area contributed by atoms with Gasteiger partial charge in [0.1, 0.15) is 0 Å². The molecule has 25 heavy (non-hydrogen) atoms. The molecule has 0 aromatic rings. The minimum absolute atomic E-state index is 0.0422. The Balaban J connectivity index is 2.10. The van der Waals surface area contributed by atoms with Crippen LogP contribution in [0.4, 0.5) is 0 Å². The molecule has 2 rings (SSSR count). The summed E-state index contributed by atoms with van der Waals surface area (Å²) in [4.78, 5) is 0. The molecule has 2 aliphatic rings. The summed E-state index contributed by atoms with van der Waals surface area (Å²) in [6, 6.07) is 0. The van der Waals surface area contributed by atoms with Crippen molar-refractivity contribution in [1.29, 1.82) is 0 Å². The zero-order valence-corrected chi connectivity index (χ0v) is 19.9. The van der Waals surface area contributed by atoms with Crippen molar-refractivity contribution >= 4 is 18.4 Å². The quantitative estimate of drug-likeness (QED) is 0.395. The van der Waals surface area contributed by atoms with Gasteiger partial charge >= 0.3 is 160 Å². The second-order valence-corrected chi connectivity index (χ2v) is 22.3. The Morgan fingerprint density at radius 3 is 1.92 bits per heavy atom. The molecular formula is C21H42O3Sn. The first kappa shape index (κ1) is 22.0. The maximum atomic E-state index is 11.5. The van der Waals surface area contributed by atoms with Crippen LogP contribution in [0.5, 0.6) is 0 Å². The number of aliphatic hydroxyl groups is 1. The van der Waals surface area contributed by atoms with E-state index >= 15 is 0 Å². The van der Waals surface area contributed by atoms with Crippen LogP contribution in [0.25, 0.3) is 0 Å². The molecule has 0 aromatic carbocycles. The summed E-state index contributed by atoms with van der Waals surface area (Å²) in [5.41, 5.74) is 0. The zero-order chi connectivity index (χ0) is 18.2. The van der Waals surface area contributed by atoms with Crippen molar-refractivity contribution in [3.63, 3.8) is 0 Å². The third kappa shape index (κ3) is 5.83. The molecule has 2 atom stereocenters. The molecule has 1 saturated heterocycles. The van der Waals surface area contributed by atoms with E-state index in [4.69, 9.17) is 9.47 Å². The van der Waals surface area contributed by atoms with Crippen molar-refractivity contribution in [2.45, 2.75) is 121 Å². The zero-order valence-electron chi connectivity index (χ0n) is 17.0. The summed E-state index contributed by atoms with van der Waals surface area (Å²) in [6.07, 6.45) is 13.3. The van der Waals surface area contributed by atoms with Crippen LogP contribution in [0.15, 0.2) is 0 Å². The van der Waals surface area contributed by atoms with Gasteiger partial charge in [-0.1, -0.05) is 0 Å². The number of rotatable bonds is 11. The Kier molecular flexibility index (Phi) is 9.55. The average molecular weight is 461 g/mol. The van der Waals surface area contributed by atoms with Gasteiger partial charge in [-0.2, -0.15) is 0 Å². The van der Waals surface area contributed by atoms with E-state index in [1.165, 1.54) is 71.1 Å². The Bertz CT molecular complexity index is 346. The van der Waals surface area contributed by atoms with E-state index in [1.54, 1.807) is 0 Å². The van der Waals surface area contributed by atoms with Crippen molar-refractivity contribution in [1.82, 2.24) is 0 Å². The predicted molar refractivity (Wildman–Crippen MR) is 108 cm³/mol. The van der Waals surface area contributed by atoms with Crippen LogP contribution in [-0.2, 0) is 9.47 Å². The van der Waals surface area contributed by atoms with E-state index in [0.29, 0.717) is 6.61 Å². The summed E-state index contributed by atoms with van der Waals surface area (Å²) < 4.78 is 16.5. The molecule has 1 heterocycles. The molecule has 0 bridgehead atoms. The summed E-state index contributed by atoms with van der Waals surface area (Å²) >= 11 is -2.66. The molecule has 148 valence electrons. The molecule has 1 saturated carbocycles. The standard InChI is InChI=1S/C9H15O3.3C4H9.Sn/c10-6-8-7-11-9(12-8)4-2-1-3-5-9;3*1-3-4-2;/h6,8,10H,1-5,7H2;3*1,3-4H2,2H3;/t8-;;;;/m0..../s1. The topological polar surface area (TPSA) is 38.7 Å². The van der Waals surface area contributed by atoms with E-state index in [9.17, 15) is 5.11 Å². The van der Waals surface area contributed by atoms with Crippen LogP contribution >= 0.6 is 0 Å². The Labute approximate surface area is 160 Å². The van der Waals surface area contributed by atoms with Gasteiger partial charge in [-0.05, 0) is 0 Å². The van der Waals surface area contributed by atoms with Crippen molar-refractivity contribution in [3.8, 4) is 0 Å². The average Bonchev–Trinajstić information content (AvgIpc) is 3.04. The molecule has 1 aliphatic carbocycles. The summed E-state index contributed by atoms with van der Waals surface area (Å²) in [7, 11) is 0. The van der Waals surface area contributed by atoms with Crippen molar-refractivity contribution < 1.29 is 14.6 Å². The molecule has 3 nitrogen and oxygen atoms in total. The van der Waals surface area contributed by atoms with Crippen LogP contribution in [0.2, 0.25) is 13.3 Å². The fraction of sp³-hybridized carbons (Fsp3) is 1.00. The maximum absolute atomic E-state index is 11.5. The van der Waals surface area contributed by atoms with Gasteiger partial charge in [0.15, 0.2) is 0 Å². The van der Waals surface area contributed by atoms with Crippen molar-refractivity contribution in [3.05, 3.63) is 0 Å². The molecule has 4 heteroatoms. The number of aliphatic hydroxyl groups excluding tert-OH is 1. The Morgan fingerprint density at radius 2 is 1.44 bits per heavy atom. The van der Waals surface area contributed by atoms with Gasteiger partial charge in [0, 0.05) is 0 Å². The molecule has 0 radical (unpaired) electrons. The Morgan fingerprint density at radius 1 is 0.920 bits per heavy atom. The second-order valence-electron chi connectivity index (χ2n) is 8.56. The van der Waals surface area contributed by atoms with E-state index in [-0.39, 0.29) is 16.0 Å². The van der Waals surface area contributed by atoms with Crippen LogP contribution in [0.1, 0.15) is 91.4 Å². The number of hydrogen-bond acceptors (Lipinski definition) is 3. The molecule has 1 spiro atoms. The minimum atomic E-state index is -2.66. The van der Waals surface area contributed by atoms with E-state index in [0.717, 1.165) is 12.8 Å². The summed E-state index contributed by atoms with van der Waals surface area (Å²) in [5.74, 6) is -0.345. The van der Waals surface area contributed by atoms with Gasteiger partial charge in [0.05, 0.1) is 0 Å². The third-order valence-corrected chi connectivity index (χ3v) is 22.8. The SMILES string of the molecule is CCC[CH2][Sn]([CH2]CCC)([CH2]CCC)[C@H](O)[C@H]1COC2(CCCCC2)O1. The fourth-order valence-corrected chi connectivity index (χ4v) is 21.3. The number of hydrogen-bond donors (Lipinski definition) is 1. The number of ether oxygens (including phenoxy) is 2. The first-order valence-electron chi connectivity index (χ1n) is 11.1. The van der Waals surface area contributed by atoms with E-state index in [1.807, 2.05) is 0 Å². The molecular weight excluding hydrogens is 419 g/mol. The molecule has 1 N–H and O–H groups in total. The van der Waals surface area contributed by atoms with E-state index in [2.05, 4.69) is 20.8 Å². The normalized spacial score (nSPS) is 24.7. The van der Waals surface area contributed by atoms with Gasteiger partial charge in [0.25, 0.3) is 0 Å². The Hall–Kier alpha value is 0.679. The van der Waals surface area contributed by atoms with Gasteiger partial charge < -0.3 is 0 Å². The molecule has 0 aromatic heterocycles. The van der Waals surface area contributed by atoms with E-state index < -0.39 is 18.4 Å². The molecule has 2 fully saturated rings. The molecule has 1 aliphatic heterocycles. The molecule has 0 unspecified atom stereocenters. The predicted octanol–water partition coefficient (Wildman–Crippen LogP) is 5.81. The first-order chi connectivity index (χ1) is 12.1. The third-order valence-electron chi connectivity index (χ3n) is 6.56. The fourth-order valence-electron chi connectivity index (χ4n) is 4.89. The van der Waals surface area contributed by atoms with Crippen molar-refractivity contribution in [2.75, 3.05) is 6.61 Å². The van der Waals surface area contributed by atoms with Gasteiger partial charge in [-0.15, -0.1) is 0 Å². The molecule has 0 amide bonds. The van der Waals surface area contributed by atoms with Gasteiger partial charge in [-0.25, -0.2) is 0 Å². The number of unbranched alkanes of at least 4 members (excludes halogenated alkanes) is 3. The van der Waals surface area contributed by atoms with Crippen LogP contribution in [0, 0.1) is 0 Å². The van der Waals surface area contributed by atoms with Gasteiger partial charge in [-0.3, -0.25) is 0 Å². The summed E-state index contributed by atoms with van der Waals surface area (Å²) in [5, 5.41) is 11.5. The van der Waals surface area contributed by atoms with Crippen molar-refractivity contribution in [2.24, 2.45) is 0 Å². The first-order valence-corrected chi connectivity index (χ1v) is 18.8. The van der Waals surface area contributed by atoms with Crippen LogP contribution in [-0.4, -0.2) is 46.1 Å². The summed E-state index contributed by atoms with van der Waals surface area (Å²) in [6.45, 7) is 7.49. The van der Waals surface area contributed by atoms with Gasteiger partial charge in [0.2, 0.25) is 0 Å².